The first-order valence-corrected chi connectivity index (χ1v) is 10.1. The highest BCUT2D eigenvalue weighted by Gasteiger charge is 2.24. The van der Waals surface area contributed by atoms with E-state index >= 15 is 0 Å². The molecule has 0 unspecified atom stereocenters. The molecule has 0 radical (unpaired) electrons. The average molecular weight is 390 g/mol. The minimum atomic E-state index is 0.109. The third-order valence-corrected chi connectivity index (χ3v) is 4.90. The summed E-state index contributed by atoms with van der Waals surface area (Å²) in [4.78, 5) is 14.4. The average Bonchev–Trinajstić information content (AvgIpc) is 2.76. The summed E-state index contributed by atoms with van der Waals surface area (Å²) in [7, 11) is 1.00. The second-order valence-corrected chi connectivity index (χ2v) is 6.92. The van der Waals surface area contributed by atoms with E-state index in [-0.39, 0.29) is 5.91 Å². The molecule has 0 atom stereocenters. The molecule has 2 aromatic rings. The lowest BCUT2D eigenvalue weighted by atomic mass is 9.89. The van der Waals surface area contributed by atoms with Gasteiger partial charge < -0.3 is 10.0 Å². The van der Waals surface area contributed by atoms with Gasteiger partial charge in [0.25, 0.3) is 5.91 Å². The SMILES string of the molecule is CCCC.CO.O=C(c1ccc(Cl)cc1)N1CCC(c2ccccc2)CC1. The van der Waals surface area contributed by atoms with Gasteiger partial charge in [-0.3, -0.25) is 4.79 Å². The number of amides is 1. The standard InChI is InChI=1S/C18H18ClNO.C4H10.CH4O/c19-17-8-6-16(7-9-17)18(21)20-12-10-15(11-13-20)14-4-2-1-3-5-14;1-3-4-2;1-2/h1-9,15H,10-13H2;3-4H2,1-2H3;2H,1H3. The summed E-state index contributed by atoms with van der Waals surface area (Å²) in [6.07, 6.45) is 4.70. The van der Waals surface area contributed by atoms with Crippen LogP contribution in [-0.4, -0.2) is 36.1 Å². The molecule has 0 aromatic heterocycles. The van der Waals surface area contributed by atoms with E-state index in [1.807, 2.05) is 11.0 Å². The van der Waals surface area contributed by atoms with Crippen LogP contribution in [0.5, 0.6) is 0 Å². The topological polar surface area (TPSA) is 40.5 Å². The van der Waals surface area contributed by atoms with Crippen molar-refractivity contribution in [1.29, 1.82) is 0 Å². The van der Waals surface area contributed by atoms with E-state index in [1.165, 1.54) is 18.4 Å². The van der Waals surface area contributed by atoms with E-state index in [1.54, 1.807) is 24.3 Å². The number of carbonyl (C=O) groups is 1. The van der Waals surface area contributed by atoms with Crippen molar-refractivity contribution in [3.63, 3.8) is 0 Å². The van der Waals surface area contributed by atoms with Crippen molar-refractivity contribution >= 4 is 17.5 Å². The van der Waals surface area contributed by atoms with Crippen LogP contribution < -0.4 is 0 Å². The van der Waals surface area contributed by atoms with E-state index in [4.69, 9.17) is 16.7 Å². The number of hydrogen-bond acceptors (Lipinski definition) is 2. The lowest BCUT2D eigenvalue weighted by Crippen LogP contribution is -2.37. The van der Waals surface area contributed by atoms with Gasteiger partial charge in [0, 0.05) is 30.8 Å². The fourth-order valence-electron chi connectivity index (χ4n) is 2.92. The van der Waals surface area contributed by atoms with E-state index in [0.717, 1.165) is 38.6 Å². The molecule has 1 aliphatic heterocycles. The summed E-state index contributed by atoms with van der Waals surface area (Å²) in [5.74, 6) is 0.679. The molecular weight excluding hydrogens is 358 g/mol. The second kappa shape index (κ2) is 13.3. The third-order valence-electron chi connectivity index (χ3n) is 4.64. The number of halogens is 1. The predicted molar refractivity (Wildman–Crippen MR) is 114 cm³/mol. The molecule has 1 heterocycles. The summed E-state index contributed by atoms with van der Waals surface area (Å²) in [5.41, 5.74) is 2.11. The van der Waals surface area contributed by atoms with Crippen LogP contribution >= 0.6 is 11.6 Å². The minimum absolute atomic E-state index is 0.109. The highest BCUT2D eigenvalue weighted by molar-refractivity contribution is 6.30. The number of rotatable bonds is 3. The van der Waals surface area contributed by atoms with E-state index in [0.29, 0.717) is 10.9 Å². The first-order chi connectivity index (χ1) is 13.2. The van der Waals surface area contributed by atoms with Crippen molar-refractivity contribution in [2.75, 3.05) is 20.2 Å². The molecule has 0 spiro atoms. The summed E-state index contributed by atoms with van der Waals surface area (Å²) in [6, 6.07) is 17.7. The number of benzene rings is 2. The molecule has 1 aliphatic rings. The van der Waals surface area contributed by atoms with E-state index in [2.05, 4.69) is 38.1 Å². The Balaban J connectivity index is 0.000000541. The zero-order valence-corrected chi connectivity index (χ0v) is 17.5. The lowest BCUT2D eigenvalue weighted by molar-refractivity contribution is 0.0713. The number of likely N-dealkylation sites (tertiary alicyclic amines) is 1. The lowest BCUT2D eigenvalue weighted by Gasteiger charge is -2.32. The minimum Gasteiger partial charge on any atom is -0.400 e. The van der Waals surface area contributed by atoms with Crippen LogP contribution in [0.1, 0.15) is 61.4 Å². The van der Waals surface area contributed by atoms with Crippen molar-refractivity contribution in [3.8, 4) is 0 Å². The van der Waals surface area contributed by atoms with Gasteiger partial charge >= 0.3 is 0 Å². The highest BCUT2D eigenvalue weighted by Crippen LogP contribution is 2.28. The van der Waals surface area contributed by atoms with Gasteiger partial charge in [-0.25, -0.2) is 0 Å². The largest absolute Gasteiger partial charge is 0.400 e. The molecule has 1 N–H and O–H groups in total. The van der Waals surface area contributed by atoms with Gasteiger partial charge in [0.15, 0.2) is 0 Å². The number of hydrogen-bond donors (Lipinski definition) is 1. The van der Waals surface area contributed by atoms with Gasteiger partial charge in [-0.05, 0) is 48.6 Å². The number of piperidine rings is 1. The van der Waals surface area contributed by atoms with E-state index < -0.39 is 0 Å². The Morgan fingerprint density at radius 1 is 0.963 bits per heavy atom. The van der Waals surface area contributed by atoms with Crippen LogP contribution in [0.2, 0.25) is 5.02 Å². The second-order valence-electron chi connectivity index (χ2n) is 6.48. The summed E-state index contributed by atoms with van der Waals surface area (Å²) < 4.78 is 0. The van der Waals surface area contributed by atoms with Crippen LogP contribution in [0, 0.1) is 0 Å². The normalized spacial score (nSPS) is 13.7. The maximum atomic E-state index is 12.4. The zero-order valence-electron chi connectivity index (χ0n) is 16.7. The molecule has 3 nitrogen and oxygen atoms in total. The van der Waals surface area contributed by atoms with Crippen molar-refractivity contribution in [1.82, 2.24) is 4.90 Å². The van der Waals surface area contributed by atoms with Crippen molar-refractivity contribution in [2.45, 2.75) is 45.4 Å². The quantitative estimate of drug-likeness (QED) is 0.723. The summed E-state index contributed by atoms with van der Waals surface area (Å²) in [5, 5.41) is 7.66. The maximum Gasteiger partial charge on any atom is 0.253 e. The molecule has 1 fully saturated rings. The van der Waals surface area contributed by atoms with Crippen LogP contribution in [0.3, 0.4) is 0 Å². The summed E-state index contributed by atoms with van der Waals surface area (Å²) in [6.45, 7) is 6.00. The molecular formula is C23H32ClNO2. The van der Waals surface area contributed by atoms with Gasteiger partial charge in [-0.2, -0.15) is 0 Å². The Hall–Kier alpha value is -1.84. The maximum absolute atomic E-state index is 12.4. The fraction of sp³-hybridized carbons (Fsp3) is 0.435. The molecule has 4 heteroatoms. The first-order valence-electron chi connectivity index (χ1n) is 9.70. The van der Waals surface area contributed by atoms with Crippen LogP contribution in [0.25, 0.3) is 0 Å². The molecule has 3 rings (SSSR count). The van der Waals surface area contributed by atoms with Gasteiger partial charge in [0.2, 0.25) is 0 Å². The Kier molecular flexibility index (Phi) is 11.5. The molecule has 0 aliphatic carbocycles. The molecule has 1 saturated heterocycles. The number of unbranched alkanes of at least 4 members (excludes halogenated alkanes) is 1. The summed E-state index contributed by atoms with van der Waals surface area (Å²) >= 11 is 5.86. The monoisotopic (exact) mass is 389 g/mol. The van der Waals surface area contributed by atoms with Crippen molar-refractivity contribution < 1.29 is 9.90 Å². The van der Waals surface area contributed by atoms with Gasteiger partial charge in [0.1, 0.15) is 0 Å². The molecule has 0 saturated carbocycles. The predicted octanol–water partition coefficient (Wildman–Crippen LogP) is 5.77. The van der Waals surface area contributed by atoms with Gasteiger partial charge in [-0.15, -0.1) is 0 Å². The number of nitrogens with zero attached hydrogens (tertiary/aromatic N) is 1. The number of carbonyl (C=O) groups excluding carboxylic acids is 1. The third kappa shape index (κ3) is 7.74. The molecule has 1 amide bonds. The van der Waals surface area contributed by atoms with E-state index in [9.17, 15) is 4.79 Å². The molecule has 0 bridgehead atoms. The molecule has 2 aromatic carbocycles. The van der Waals surface area contributed by atoms with Crippen molar-refractivity contribution in [2.24, 2.45) is 0 Å². The molecule has 27 heavy (non-hydrogen) atoms. The highest BCUT2D eigenvalue weighted by atomic mass is 35.5. The Labute approximate surface area is 169 Å². The van der Waals surface area contributed by atoms with Crippen LogP contribution in [0.15, 0.2) is 54.6 Å². The zero-order chi connectivity index (χ0) is 20.1. The smallest absolute Gasteiger partial charge is 0.253 e. The van der Waals surface area contributed by atoms with Gasteiger partial charge in [0.05, 0.1) is 0 Å². The Morgan fingerprint density at radius 3 is 1.96 bits per heavy atom. The van der Waals surface area contributed by atoms with Gasteiger partial charge in [-0.1, -0.05) is 68.6 Å². The molecule has 148 valence electrons. The van der Waals surface area contributed by atoms with Crippen molar-refractivity contribution in [3.05, 3.63) is 70.7 Å². The fourth-order valence-corrected chi connectivity index (χ4v) is 3.04. The van der Waals surface area contributed by atoms with Crippen LogP contribution in [0.4, 0.5) is 0 Å². The number of aliphatic hydroxyl groups is 1. The van der Waals surface area contributed by atoms with Crippen LogP contribution in [-0.2, 0) is 0 Å². The Bertz CT molecular complexity index is 633. The number of aliphatic hydroxyl groups excluding tert-OH is 1. The first kappa shape index (κ1) is 23.2. The Morgan fingerprint density at radius 2 is 1.48 bits per heavy atom.